The maximum absolute atomic E-state index is 12.7. The van der Waals surface area contributed by atoms with Gasteiger partial charge in [0.15, 0.2) is 6.10 Å². The van der Waals surface area contributed by atoms with Crippen LogP contribution in [0.25, 0.3) is 0 Å². The molecule has 0 rings (SSSR count). The second kappa shape index (κ2) is 34.5. The van der Waals surface area contributed by atoms with Crippen LogP contribution in [-0.4, -0.2) is 49.7 Å². The maximum Gasteiger partial charge on any atom is 0.306 e. The predicted octanol–water partition coefficient (Wildman–Crippen LogP) is 11.4. The third-order valence-corrected chi connectivity index (χ3v) is 9.58. The molecule has 5 nitrogen and oxygen atoms in total. The summed E-state index contributed by atoms with van der Waals surface area (Å²) in [6, 6.07) is 0. The van der Waals surface area contributed by atoms with Crippen molar-refractivity contribution in [3.05, 3.63) is 12.2 Å². The van der Waals surface area contributed by atoms with Crippen LogP contribution in [0, 0.1) is 0 Å². The van der Waals surface area contributed by atoms with Gasteiger partial charge in [-0.15, -0.1) is 0 Å². The Morgan fingerprint density at radius 3 is 1.32 bits per heavy atom. The number of quaternary nitrogens is 1. The molecule has 5 heteroatoms. The van der Waals surface area contributed by atoms with Crippen LogP contribution in [-0.2, 0) is 14.3 Å². The molecule has 0 saturated heterocycles. The summed E-state index contributed by atoms with van der Waals surface area (Å²) in [4.78, 5) is 24.0. The van der Waals surface area contributed by atoms with Crippen LogP contribution in [0.5, 0.6) is 0 Å². The second-order valence-electron chi connectivity index (χ2n) is 15.2. The van der Waals surface area contributed by atoms with E-state index in [0.29, 0.717) is 13.0 Å². The lowest BCUT2D eigenvalue weighted by atomic mass is 10.0. The summed E-state index contributed by atoms with van der Waals surface area (Å²) in [6.45, 7) is 5.00. The molecule has 0 radical (unpaired) electrons. The van der Waals surface area contributed by atoms with Crippen molar-refractivity contribution >= 4 is 11.9 Å². The molecule has 0 aromatic rings. The van der Waals surface area contributed by atoms with Crippen LogP contribution >= 0.6 is 0 Å². The molecule has 1 atom stereocenters. The Bertz CT molecular complexity index is 719. The summed E-state index contributed by atoms with van der Waals surface area (Å²) in [7, 11) is 3.77. The third-order valence-electron chi connectivity index (χ3n) is 9.58. The van der Waals surface area contributed by atoms with Crippen molar-refractivity contribution < 1.29 is 23.9 Å². The van der Waals surface area contributed by atoms with E-state index >= 15 is 0 Å². The van der Waals surface area contributed by atoms with Crippen molar-refractivity contribution in [1.29, 1.82) is 0 Å². The van der Waals surface area contributed by atoms with Crippen LogP contribution in [0.1, 0.15) is 213 Å². The fourth-order valence-corrected chi connectivity index (χ4v) is 6.66. The lowest BCUT2D eigenvalue weighted by Gasteiger charge is -2.33. The highest BCUT2D eigenvalue weighted by molar-refractivity contribution is 5.69. The van der Waals surface area contributed by atoms with E-state index < -0.39 is 5.97 Å². The van der Waals surface area contributed by atoms with E-state index in [1.54, 1.807) is 0 Å². The minimum absolute atomic E-state index is 0.0682. The molecule has 0 heterocycles. The SMILES string of the molecule is CCCCCCCC/C=C\CCCCCCCC(=O)OC(CCCCCCCCCCCCCCCCCC)C[N+](C)(C)CC(=O)[O-]. The van der Waals surface area contributed by atoms with Crippen molar-refractivity contribution in [3.8, 4) is 0 Å². The monoisotopic (exact) mass is 664 g/mol. The van der Waals surface area contributed by atoms with Crippen LogP contribution < -0.4 is 5.11 Å². The van der Waals surface area contributed by atoms with Crippen molar-refractivity contribution in [2.45, 2.75) is 219 Å². The van der Waals surface area contributed by atoms with Gasteiger partial charge in [0.25, 0.3) is 0 Å². The largest absolute Gasteiger partial charge is 0.544 e. The molecule has 0 aromatic carbocycles. The molecule has 0 fully saturated rings. The van der Waals surface area contributed by atoms with E-state index in [0.717, 1.165) is 38.5 Å². The molecule has 0 spiro atoms. The number of carboxylic acid groups (broad SMARTS) is 1. The Hall–Kier alpha value is -1.36. The first-order chi connectivity index (χ1) is 22.8. The minimum Gasteiger partial charge on any atom is -0.544 e. The lowest BCUT2D eigenvalue weighted by molar-refractivity contribution is -0.887. The van der Waals surface area contributed by atoms with Gasteiger partial charge in [0, 0.05) is 6.42 Å². The van der Waals surface area contributed by atoms with Crippen molar-refractivity contribution in [2.75, 3.05) is 27.2 Å². The molecule has 0 N–H and O–H groups in total. The zero-order valence-electron chi connectivity index (χ0n) is 32.1. The van der Waals surface area contributed by atoms with Crippen LogP contribution in [0.15, 0.2) is 12.2 Å². The number of carbonyl (C=O) groups is 2. The fourth-order valence-electron chi connectivity index (χ4n) is 6.66. The molecule has 278 valence electrons. The summed E-state index contributed by atoms with van der Waals surface area (Å²) in [6.07, 6.45) is 43.2. The molecule has 47 heavy (non-hydrogen) atoms. The molecule has 0 aliphatic heterocycles. The second-order valence-corrected chi connectivity index (χ2v) is 15.2. The Labute approximate surface area is 293 Å². The number of esters is 1. The smallest absolute Gasteiger partial charge is 0.306 e. The molecule has 0 aliphatic rings. The molecular weight excluding hydrogens is 582 g/mol. The number of likely N-dealkylation sites (N-methyl/N-ethyl adjacent to an activating group) is 1. The molecule has 0 saturated carbocycles. The van der Waals surface area contributed by atoms with E-state index in [2.05, 4.69) is 26.0 Å². The predicted molar refractivity (Wildman–Crippen MR) is 200 cm³/mol. The molecule has 0 aromatic heterocycles. The van der Waals surface area contributed by atoms with Gasteiger partial charge in [-0.25, -0.2) is 0 Å². The van der Waals surface area contributed by atoms with Crippen molar-refractivity contribution in [2.24, 2.45) is 0 Å². The average molecular weight is 664 g/mol. The summed E-state index contributed by atoms with van der Waals surface area (Å²) in [5.41, 5.74) is 0. The summed E-state index contributed by atoms with van der Waals surface area (Å²) in [5, 5.41) is 11.3. The molecular formula is C42H81NO4. The molecule has 1 unspecified atom stereocenters. The Kier molecular flexibility index (Phi) is 33.5. The third kappa shape index (κ3) is 35.8. The van der Waals surface area contributed by atoms with Gasteiger partial charge < -0.3 is 19.1 Å². The van der Waals surface area contributed by atoms with Gasteiger partial charge in [-0.1, -0.05) is 174 Å². The highest BCUT2D eigenvalue weighted by Gasteiger charge is 2.25. The standard InChI is InChI=1S/C42H81NO4/c1-5-7-9-11-13-15-17-19-21-23-24-26-28-30-32-34-36-40(38-43(3,4)39-41(44)45)47-42(46)37-35-33-31-29-27-25-22-20-18-16-14-12-10-8-6-2/h20,22,40H,5-19,21,23-39H2,1-4H3/b22-20-. The van der Waals surface area contributed by atoms with Crippen LogP contribution in [0.2, 0.25) is 0 Å². The van der Waals surface area contributed by atoms with Gasteiger partial charge in [-0.2, -0.15) is 0 Å². The number of nitrogens with zero attached hydrogens (tertiary/aromatic N) is 1. The Balaban J connectivity index is 4.03. The highest BCUT2D eigenvalue weighted by atomic mass is 16.5. The number of allylic oxidation sites excluding steroid dienone is 2. The molecule has 0 bridgehead atoms. The van der Waals surface area contributed by atoms with Gasteiger partial charge in [0.2, 0.25) is 0 Å². The van der Waals surface area contributed by atoms with E-state index in [9.17, 15) is 14.7 Å². The van der Waals surface area contributed by atoms with Gasteiger partial charge in [0.1, 0.15) is 13.1 Å². The van der Waals surface area contributed by atoms with Crippen molar-refractivity contribution in [1.82, 2.24) is 0 Å². The zero-order chi connectivity index (χ0) is 34.7. The van der Waals surface area contributed by atoms with Gasteiger partial charge in [-0.3, -0.25) is 4.79 Å². The summed E-state index contributed by atoms with van der Waals surface area (Å²) >= 11 is 0. The maximum atomic E-state index is 12.7. The Morgan fingerprint density at radius 2 is 0.915 bits per heavy atom. The van der Waals surface area contributed by atoms with Crippen LogP contribution in [0.3, 0.4) is 0 Å². The summed E-state index contributed by atoms with van der Waals surface area (Å²) in [5.74, 6) is -1.19. The number of hydrogen-bond donors (Lipinski definition) is 0. The normalized spacial score (nSPS) is 12.6. The quantitative estimate of drug-likeness (QED) is 0.0287. The van der Waals surface area contributed by atoms with E-state index in [-0.39, 0.29) is 23.1 Å². The first-order valence-electron chi connectivity index (χ1n) is 20.7. The zero-order valence-corrected chi connectivity index (χ0v) is 32.1. The number of unbranched alkanes of at least 4 members (excludes halogenated alkanes) is 26. The molecule has 0 amide bonds. The van der Waals surface area contributed by atoms with Crippen LogP contribution in [0.4, 0.5) is 0 Å². The number of rotatable bonds is 37. The van der Waals surface area contributed by atoms with Gasteiger partial charge in [-0.05, 0) is 44.9 Å². The summed E-state index contributed by atoms with van der Waals surface area (Å²) < 4.78 is 6.20. The fraction of sp³-hybridized carbons (Fsp3) is 0.905. The molecule has 0 aliphatic carbocycles. The average Bonchev–Trinajstić information content (AvgIpc) is 3.01. The first-order valence-corrected chi connectivity index (χ1v) is 20.7. The van der Waals surface area contributed by atoms with Gasteiger partial charge in [0.05, 0.1) is 20.1 Å². The van der Waals surface area contributed by atoms with E-state index in [4.69, 9.17) is 4.74 Å². The minimum atomic E-state index is -1.06. The number of carbonyl (C=O) groups excluding carboxylic acids is 2. The number of ether oxygens (including phenoxy) is 1. The highest BCUT2D eigenvalue weighted by Crippen LogP contribution is 2.17. The Morgan fingerprint density at radius 1 is 0.553 bits per heavy atom. The lowest BCUT2D eigenvalue weighted by Crippen LogP contribution is -2.52. The first kappa shape index (κ1) is 45.6. The van der Waals surface area contributed by atoms with Crippen molar-refractivity contribution in [3.63, 3.8) is 0 Å². The number of aliphatic carboxylic acids is 1. The van der Waals surface area contributed by atoms with E-state index in [1.165, 1.54) is 154 Å². The number of hydrogen-bond acceptors (Lipinski definition) is 4. The van der Waals surface area contributed by atoms with Gasteiger partial charge >= 0.3 is 5.97 Å². The van der Waals surface area contributed by atoms with E-state index in [1.807, 2.05) is 14.1 Å². The number of carboxylic acids is 1. The topological polar surface area (TPSA) is 66.4 Å².